The average Bonchev–Trinajstić information content (AvgIpc) is 2.16. The van der Waals surface area contributed by atoms with Gasteiger partial charge in [-0.05, 0) is 19.9 Å². The molecule has 0 amide bonds. The Labute approximate surface area is 88.2 Å². The van der Waals surface area contributed by atoms with Crippen LogP contribution >= 0.6 is 0 Å². The monoisotopic (exact) mass is 210 g/mol. The van der Waals surface area contributed by atoms with E-state index in [1.807, 2.05) is 13.8 Å². The van der Waals surface area contributed by atoms with E-state index in [2.05, 4.69) is 5.32 Å². The highest BCUT2D eigenvalue weighted by molar-refractivity contribution is 5.58. The van der Waals surface area contributed by atoms with Crippen molar-refractivity contribution in [1.29, 1.82) is 0 Å². The molecule has 0 saturated heterocycles. The second-order valence-electron chi connectivity index (χ2n) is 3.44. The van der Waals surface area contributed by atoms with Crippen molar-refractivity contribution in [3.8, 4) is 5.75 Å². The van der Waals surface area contributed by atoms with Crippen LogP contribution in [-0.2, 0) is 0 Å². The first kappa shape index (κ1) is 11.3. The Kier molecular flexibility index (Phi) is 3.49. The molecule has 0 fully saturated rings. The summed E-state index contributed by atoms with van der Waals surface area (Å²) in [5, 5.41) is 13.8. The molecule has 1 aromatic rings. The largest absolute Gasteiger partial charge is 0.490 e. The van der Waals surface area contributed by atoms with E-state index >= 15 is 0 Å². The summed E-state index contributed by atoms with van der Waals surface area (Å²) < 4.78 is 4.95. The van der Waals surface area contributed by atoms with Crippen molar-refractivity contribution >= 4 is 11.4 Å². The van der Waals surface area contributed by atoms with Gasteiger partial charge in [-0.25, -0.2) is 0 Å². The van der Waals surface area contributed by atoms with Gasteiger partial charge in [-0.1, -0.05) is 0 Å². The average molecular weight is 210 g/mol. The molecule has 5 nitrogen and oxygen atoms in total. The van der Waals surface area contributed by atoms with E-state index in [1.54, 1.807) is 12.1 Å². The van der Waals surface area contributed by atoms with Crippen LogP contribution in [-0.4, -0.2) is 18.1 Å². The van der Waals surface area contributed by atoms with E-state index < -0.39 is 4.92 Å². The highest BCUT2D eigenvalue weighted by atomic mass is 16.6. The number of benzene rings is 1. The lowest BCUT2D eigenvalue weighted by atomic mass is 10.2. The summed E-state index contributed by atoms with van der Waals surface area (Å²) in [4.78, 5) is 10.2. The molecule has 15 heavy (non-hydrogen) atoms. The highest BCUT2D eigenvalue weighted by Crippen LogP contribution is 2.29. The van der Waals surface area contributed by atoms with E-state index in [0.29, 0.717) is 0 Å². The molecule has 0 bridgehead atoms. The molecule has 0 heterocycles. The number of nitrogens with one attached hydrogen (secondary N) is 1. The number of hydrogen-bond acceptors (Lipinski definition) is 4. The van der Waals surface area contributed by atoms with Gasteiger partial charge in [-0.3, -0.25) is 10.1 Å². The summed E-state index contributed by atoms with van der Waals surface area (Å²) in [6, 6.07) is 5.00. The van der Waals surface area contributed by atoms with Crippen LogP contribution < -0.4 is 10.1 Å². The van der Waals surface area contributed by atoms with Gasteiger partial charge in [0, 0.05) is 23.9 Å². The van der Waals surface area contributed by atoms with Gasteiger partial charge in [0.25, 0.3) is 0 Å². The lowest BCUT2D eigenvalue weighted by Gasteiger charge is -2.10. The van der Waals surface area contributed by atoms with Gasteiger partial charge in [0.2, 0.25) is 0 Å². The SMILES string of the molecule is COc1cc(NC(C)C)ccc1[N+](=O)[O-]. The quantitative estimate of drug-likeness (QED) is 0.612. The van der Waals surface area contributed by atoms with Crippen molar-refractivity contribution in [3.05, 3.63) is 28.3 Å². The van der Waals surface area contributed by atoms with Crippen molar-refractivity contribution in [2.24, 2.45) is 0 Å². The number of nitro groups is 1. The maximum atomic E-state index is 10.6. The van der Waals surface area contributed by atoms with Gasteiger partial charge in [0.05, 0.1) is 12.0 Å². The molecule has 1 rings (SSSR count). The fourth-order valence-electron chi connectivity index (χ4n) is 1.25. The fourth-order valence-corrected chi connectivity index (χ4v) is 1.25. The van der Waals surface area contributed by atoms with Gasteiger partial charge in [0.1, 0.15) is 0 Å². The Morgan fingerprint density at radius 1 is 1.47 bits per heavy atom. The van der Waals surface area contributed by atoms with Gasteiger partial charge in [0.15, 0.2) is 5.75 Å². The van der Waals surface area contributed by atoms with Crippen LogP contribution in [0.2, 0.25) is 0 Å². The van der Waals surface area contributed by atoms with Crippen LogP contribution in [0.1, 0.15) is 13.8 Å². The summed E-state index contributed by atoms with van der Waals surface area (Å²) >= 11 is 0. The first-order valence-corrected chi connectivity index (χ1v) is 4.63. The summed E-state index contributed by atoms with van der Waals surface area (Å²) in [7, 11) is 1.42. The van der Waals surface area contributed by atoms with Crippen LogP contribution in [0, 0.1) is 10.1 Å². The molecule has 0 atom stereocenters. The second kappa shape index (κ2) is 4.63. The number of anilines is 1. The van der Waals surface area contributed by atoms with Gasteiger partial charge < -0.3 is 10.1 Å². The Hall–Kier alpha value is -1.78. The summed E-state index contributed by atoms with van der Waals surface area (Å²) in [6.07, 6.45) is 0. The Morgan fingerprint density at radius 3 is 2.60 bits per heavy atom. The predicted octanol–water partition coefficient (Wildman–Crippen LogP) is 2.42. The molecule has 1 aromatic carbocycles. The minimum absolute atomic E-state index is 0.0215. The normalized spacial score (nSPS) is 10.1. The van der Waals surface area contributed by atoms with Crippen LogP contribution in [0.3, 0.4) is 0 Å². The molecule has 0 aliphatic heterocycles. The molecule has 0 saturated carbocycles. The number of ether oxygens (including phenoxy) is 1. The van der Waals surface area contributed by atoms with Crippen molar-refractivity contribution < 1.29 is 9.66 Å². The molecular formula is C10H14N2O3. The van der Waals surface area contributed by atoms with Crippen molar-refractivity contribution in [3.63, 3.8) is 0 Å². The van der Waals surface area contributed by atoms with Crippen LogP contribution in [0.5, 0.6) is 5.75 Å². The number of hydrogen-bond donors (Lipinski definition) is 1. The summed E-state index contributed by atoms with van der Waals surface area (Å²) in [6.45, 7) is 3.99. The van der Waals surface area contributed by atoms with Crippen molar-refractivity contribution in [2.75, 3.05) is 12.4 Å². The molecule has 0 spiro atoms. The van der Waals surface area contributed by atoms with E-state index in [-0.39, 0.29) is 17.5 Å². The number of nitrogens with zero attached hydrogens (tertiary/aromatic N) is 1. The molecule has 1 N–H and O–H groups in total. The first-order valence-electron chi connectivity index (χ1n) is 4.63. The summed E-state index contributed by atoms with van der Waals surface area (Å²) in [5.74, 6) is 0.269. The highest BCUT2D eigenvalue weighted by Gasteiger charge is 2.14. The van der Waals surface area contributed by atoms with Crippen molar-refractivity contribution in [1.82, 2.24) is 0 Å². The topological polar surface area (TPSA) is 64.4 Å². The van der Waals surface area contributed by atoms with Crippen LogP contribution in [0.15, 0.2) is 18.2 Å². The number of methoxy groups -OCH3 is 1. The minimum Gasteiger partial charge on any atom is -0.490 e. The zero-order valence-corrected chi connectivity index (χ0v) is 8.98. The maximum absolute atomic E-state index is 10.6. The standard InChI is InChI=1S/C10H14N2O3/c1-7(2)11-8-4-5-9(12(13)14)10(6-8)15-3/h4-7,11H,1-3H3. The summed E-state index contributed by atoms with van der Waals surface area (Å²) in [5.41, 5.74) is 0.791. The molecule has 0 aliphatic rings. The zero-order chi connectivity index (χ0) is 11.4. The lowest BCUT2D eigenvalue weighted by molar-refractivity contribution is -0.385. The molecule has 0 unspecified atom stereocenters. The Morgan fingerprint density at radius 2 is 2.13 bits per heavy atom. The smallest absolute Gasteiger partial charge is 0.311 e. The molecular weight excluding hydrogens is 196 g/mol. The van der Waals surface area contributed by atoms with Crippen LogP contribution in [0.25, 0.3) is 0 Å². The third-order valence-electron chi connectivity index (χ3n) is 1.83. The molecule has 82 valence electrons. The van der Waals surface area contributed by atoms with Gasteiger partial charge in [-0.15, -0.1) is 0 Å². The lowest BCUT2D eigenvalue weighted by Crippen LogP contribution is -2.09. The molecule has 0 radical (unpaired) electrons. The third-order valence-corrected chi connectivity index (χ3v) is 1.83. The Balaban J connectivity index is 3.02. The van der Waals surface area contributed by atoms with Crippen LogP contribution in [0.4, 0.5) is 11.4 Å². The maximum Gasteiger partial charge on any atom is 0.311 e. The van der Waals surface area contributed by atoms with E-state index in [9.17, 15) is 10.1 Å². The van der Waals surface area contributed by atoms with E-state index in [4.69, 9.17) is 4.74 Å². The fraction of sp³-hybridized carbons (Fsp3) is 0.400. The van der Waals surface area contributed by atoms with E-state index in [1.165, 1.54) is 13.2 Å². The van der Waals surface area contributed by atoms with E-state index in [0.717, 1.165) is 5.69 Å². The molecule has 0 aromatic heterocycles. The molecule has 5 heteroatoms. The number of rotatable bonds is 4. The second-order valence-corrected chi connectivity index (χ2v) is 3.44. The number of nitro benzene ring substituents is 1. The van der Waals surface area contributed by atoms with Crippen molar-refractivity contribution in [2.45, 2.75) is 19.9 Å². The van der Waals surface area contributed by atoms with Gasteiger partial charge >= 0.3 is 5.69 Å². The minimum atomic E-state index is -0.460. The third kappa shape index (κ3) is 2.83. The predicted molar refractivity (Wildman–Crippen MR) is 58.4 cm³/mol. The first-order chi connectivity index (χ1) is 7.04. The Bertz CT molecular complexity index is 364. The molecule has 0 aliphatic carbocycles. The zero-order valence-electron chi connectivity index (χ0n) is 8.98. The van der Waals surface area contributed by atoms with Gasteiger partial charge in [-0.2, -0.15) is 0 Å².